The Balaban J connectivity index is 1.87. The van der Waals surface area contributed by atoms with Crippen LogP contribution in [-0.4, -0.2) is 22.5 Å². The molecule has 142 valence electrons. The number of benzene rings is 1. The van der Waals surface area contributed by atoms with E-state index < -0.39 is 0 Å². The molecular formula is C21H18ClFN4O. The van der Waals surface area contributed by atoms with Crippen molar-refractivity contribution >= 4 is 28.9 Å². The summed E-state index contributed by atoms with van der Waals surface area (Å²) in [5.74, 6) is -0.485. The van der Waals surface area contributed by atoms with Crippen LogP contribution in [0.5, 0.6) is 0 Å². The van der Waals surface area contributed by atoms with Gasteiger partial charge in [-0.1, -0.05) is 18.2 Å². The number of rotatable bonds is 2. The number of hydrogen-bond acceptors (Lipinski definition) is 4. The fourth-order valence-electron chi connectivity index (χ4n) is 3.49. The van der Waals surface area contributed by atoms with E-state index in [0.717, 1.165) is 28.3 Å². The Labute approximate surface area is 167 Å². The Bertz CT molecular complexity index is 1080. The number of aromatic nitrogens is 1. The molecule has 0 spiro atoms. The lowest BCUT2D eigenvalue weighted by Gasteiger charge is -2.40. The second kappa shape index (κ2) is 6.80. The summed E-state index contributed by atoms with van der Waals surface area (Å²) in [6.45, 7) is 7.86. The van der Waals surface area contributed by atoms with Crippen LogP contribution < -0.4 is 10.2 Å². The summed E-state index contributed by atoms with van der Waals surface area (Å²) in [6.07, 6.45) is 5.25. The van der Waals surface area contributed by atoms with Gasteiger partial charge in [0.1, 0.15) is 17.6 Å². The SMILES string of the molecule is C=C1C=CC(N2CN(c3ccc(F)cc3C)c3cnc(Cl)cc3C2=O)=C(C)N1. The highest BCUT2D eigenvalue weighted by Crippen LogP contribution is 2.37. The highest BCUT2D eigenvalue weighted by atomic mass is 35.5. The van der Waals surface area contributed by atoms with E-state index in [2.05, 4.69) is 16.9 Å². The molecule has 1 aromatic carbocycles. The molecule has 0 saturated heterocycles. The van der Waals surface area contributed by atoms with Crippen molar-refractivity contribution in [1.29, 1.82) is 0 Å². The molecule has 0 bridgehead atoms. The van der Waals surface area contributed by atoms with Crippen molar-refractivity contribution in [3.8, 4) is 0 Å². The quantitative estimate of drug-likeness (QED) is 0.751. The molecule has 2 aliphatic rings. The van der Waals surface area contributed by atoms with Crippen molar-refractivity contribution in [2.75, 3.05) is 11.6 Å². The van der Waals surface area contributed by atoms with Gasteiger partial charge in [-0.25, -0.2) is 9.37 Å². The summed E-state index contributed by atoms with van der Waals surface area (Å²) < 4.78 is 13.6. The zero-order valence-corrected chi connectivity index (χ0v) is 16.2. The zero-order valence-electron chi connectivity index (χ0n) is 15.5. The molecule has 0 atom stereocenters. The van der Waals surface area contributed by atoms with Crippen molar-refractivity contribution in [1.82, 2.24) is 15.2 Å². The van der Waals surface area contributed by atoms with Gasteiger partial charge in [-0.3, -0.25) is 9.69 Å². The maximum Gasteiger partial charge on any atom is 0.262 e. The van der Waals surface area contributed by atoms with Crippen LogP contribution in [0.4, 0.5) is 15.8 Å². The molecule has 0 radical (unpaired) electrons. The number of carbonyl (C=O) groups is 1. The van der Waals surface area contributed by atoms with Gasteiger partial charge in [0.2, 0.25) is 0 Å². The summed E-state index contributed by atoms with van der Waals surface area (Å²) in [4.78, 5) is 21.0. The third kappa shape index (κ3) is 3.05. The van der Waals surface area contributed by atoms with E-state index in [-0.39, 0.29) is 23.5 Å². The lowest BCUT2D eigenvalue weighted by molar-refractivity contribution is 0.0800. The van der Waals surface area contributed by atoms with Crippen LogP contribution in [-0.2, 0) is 0 Å². The molecule has 3 heterocycles. The molecule has 4 rings (SSSR count). The van der Waals surface area contributed by atoms with E-state index in [1.165, 1.54) is 12.1 Å². The number of allylic oxidation sites excluding steroid dienone is 3. The predicted octanol–water partition coefficient (Wildman–Crippen LogP) is 4.64. The number of pyridine rings is 1. The summed E-state index contributed by atoms with van der Waals surface area (Å²) in [5.41, 5.74) is 4.93. The first-order valence-electron chi connectivity index (χ1n) is 8.71. The minimum absolute atomic E-state index is 0.177. The molecule has 1 aromatic heterocycles. The van der Waals surface area contributed by atoms with Gasteiger partial charge in [-0.2, -0.15) is 0 Å². The maximum atomic E-state index is 13.6. The smallest absolute Gasteiger partial charge is 0.262 e. The lowest BCUT2D eigenvalue weighted by atomic mass is 10.1. The second-order valence-corrected chi connectivity index (χ2v) is 7.14. The molecule has 0 unspecified atom stereocenters. The number of amides is 1. The number of carbonyl (C=O) groups excluding carboxylic acids is 1. The number of hydrogen-bond donors (Lipinski definition) is 1. The fourth-order valence-corrected chi connectivity index (χ4v) is 3.65. The first-order valence-corrected chi connectivity index (χ1v) is 9.09. The average Bonchev–Trinajstić information content (AvgIpc) is 2.64. The molecule has 0 saturated carbocycles. The molecule has 2 aliphatic heterocycles. The van der Waals surface area contributed by atoms with Gasteiger partial charge in [0, 0.05) is 17.1 Å². The minimum atomic E-state index is -0.308. The molecule has 0 fully saturated rings. The van der Waals surface area contributed by atoms with E-state index in [9.17, 15) is 9.18 Å². The topological polar surface area (TPSA) is 48.5 Å². The van der Waals surface area contributed by atoms with Crippen LogP contribution in [0.15, 0.2) is 66.3 Å². The third-order valence-electron chi connectivity index (χ3n) is 4.81. The first-order chi connectivity index (χ1) is 13.3. The third-order valence-corrected chi connectivity index (χ3v) is 5.02. The maximum absolute atomic E-state index is 13.6. The van der Waals surface area contributed by atoms with Crippen molar-refractivity contribution in [3.05, 3.63) is 88.4 Å². The van der Waals surface area contributed by atoms with Crippen molar-refractivity contribution in [3.63, 3.8) is 0 Å². The van der Waals surface area contributed by atoms with E-state index in [1.807, 2.05) is 30.9 Å². The predicted molar refractivity (Wildman–Crippen MR) is 108 cm³/mol. The number of fused-ring (bicyclic) bond motifs is 1. The van der Waals surface area contributed by atoms with Crippen LogP contribution in [0.25, 0.3) is 0 Å². The highest BCUT2D eigenvalue weighted by molar-refractivity contribution is 6.30. The number of nitrogens with zero attached hydrogens (tertiary/aromatic N) is 3. The van der Waals surface area contributed by atoms with Crippen LogP contribution in [0.1, 0.15) is 22.8 Å². The Kier molecular flexibility index (Phi) is 4.43. The van der Waals surface area contributed by atoms with E-state index in [1.54, 1.807) is 23.2 Å². The molecule has 1 amide bonds. The number of halogens is 2. The second-order valence-electron chi connectivity index (χ2n) is 6.75. The normalized spacial score (nSPS) is 16.4. The van der Waals surface area contributed by atoms with E-state index in [4.69, 9.17) is 11.6 Å². The summed E-state index contributed by atoms with van der Waals surface area (Å²) in [6, 6.07) is 6.14. The highest BCUT2D eigenvalue weighted by Gasteiger charge is 2.34. The van der Waals surface area contributed by atoms with Gasteiger partial charge in [-0.15, -0.1) is 0 Å². The average molecular weight is 397 g/mol. The Morgan fingerprint density at radius 3 is 2.68 bits per heavy atom. The number of nitrogens with one attached hydrogen (secondary N) is 1. The Morgan fingerprint density at radius 1 is 1.18 bits per heavy atom. The monoisotopic (exact) mass is 396 g/mol. The molecule has 0 aliphatic carbocycles. The zero-order chi connectivity index (χ0) is 20.0. The molecule has 2 aromatic rings. The number of aryl methyl sites for hydroxylation is 1. The van der Waals surface area contributed by atoms with Gasteiger partial charge in [0.05, 0.1) is 23.1 Å². The van der Waals surface area contributed by atoms with Gasteiger partial charge in [0.15, 0.2) is 0 Å². The standard InChI is InChI=1S/C21H18ClFN4O/c1-12-8-15(23)5-7-17(12)26-11-27(18-6-4-13(2)25-14(18)3)21(28)16-9-20(22)24-10-19(16)26/h4-10,25H,2,11H2,1,3H3. The number of anilines is 2. The van der Waals surface area contributed by atoms with Crippen LogP contribution in [0, 0.1) is 12.7 Å². The lowest BCUT2D eigenvalue weighted by Crippen LogP contribution is -2.45. The Hall–Kier alpha value is -3.12. The fraction of sp³-hybridized carbons (Fsp3) is 0.143. The van der Waals surface area contributed by atoms with Crippen LogP contribution in [0.3, 0.4) is 0 Å². The van der Waals surface area contributed by atoms with Crippen molar-refractivity contribution < 1.29 is 9.18 Å². The van der Waals surface area contributed by atoms with Crippen LogP contribution in [0.2, 0.25) is 5.15 Å². The van der Waals surface area contributed by atoms with Crippen molar-refractivity contribution in [2.45, 2.75) is 13.8 Å². The van der Waals surface area contributed by atoms with Gasteiger partial charge in [0.25, 0.3) is 5.91 Å². The first kappa shape index (κ1) is 18.3. The summed E-state index contributed by atoms with van der Waals surface area (Å²) in [7, 11) is 0. The van der Waals surface area contributed by atoms with Crippen LogP contribution >= 0.6 is 11.6 Å². The molecule has 7 heteroatoms. The van der Waals surface area contributed by atoms with Gasteiger partial charge >= 0.3 is 0 Å². The number of dihydropyridines is 1. The minimum Gasteiger partial charge on any atom is -0.358 e. The molecule has 5 nitrogen and oxygen atoms in total. The van der Waals surface area contributed by atoms with E-state index >= 15 is 0 Å². The van der Waals surface area contributed by atoms with E-state index in [0.29, 0.717) is 11.3 Å². The summed E-state index contributed by atoms with van der Waals surface area (Å²) >= 11 is 6.07. The molecular weight excluding hydrogens is 379 g/mol. The van der Waals surface area contributed by atoms with Gasteiger partial charge in [-0.05, 0) is 55.8 Å². The molecule has 28 heavy (non-hydrogen) atoms. The van der Waals surface area contributed by atoms with Gasteiger partial charge < -0.3 is 10.2 Å². The largest absolute Gasteiger partial charge is 0.358 e. The van der Waals surface area contributed by atoms with Crippen molar-refractivity contribution in [2.24, 2.45) is 0 Å². The Morgan fingerprint density at radius 2 is 1.96 bits per heavy atom. The summed E-state index contributed by atoms with van der Waals surface area (Å²) in [5, 5.41) is 3.39. The molecule has 1 N–H and O–H groups in total.